The maximum atomic E-state index is 12.8. The van der Waals surface area contributed by atoms with Crippen molar-refractivity contribution in [3.05, 3.63) is 48.0 Å². The summed E-state index contributed by atoms with van der Waals surface area (Å²) < 4.78 is 5.42. The van der Waals surface area contributed by atoms with Crippen LogP contribution in [0.3, 0.4) is 0 Å². The molecule has 28 heavy (non-hydrogen) atoms. The number of H-pyrrole nitrogens is 1. The average molecular weight is 383 g/mol. The smallest absolute Gasteiger partial charge is 0.317 e. The van der Waals surface area contributed by atoms with Crippen molar-refractivity contribution in [1.82, 2.24) is 20.2 Å². The van der Waals surface area contributed by atoms with E-state index in [4.69, 9.17) is 4.74 Å². The molecule has 0 saturated carbocycles. The monoisotopic (exact) mass is 383 g/mol. The van der Waals surface area contributed by atoms with Crippen molar-refractivity contribution >= 4 is 11.7 Å². The van der Waals surface area contributed by atoms with Crippen LogP contribution in [0.25, 0.3) is 0 Å². The van der Waals surface area contributed by atoms with Gasteiger partial charge in [-0.15, -0.1) is 0 Å². The quantitative estimate of drug-likeness (QED) is 0.851. The zero-order valence-corrected chi connectivity index (χ0v) is 16.4. The van der Waals surface area contributed by atoms with E-state index < -0.39 is 0 Å². The molecule has 2 N–H and O–H groups in total. The van der Waals surface area contributed by atoms with Gasteiger partial charge in [0.2, 0.25) is 0 Å². The number of imidazole rings is 1. The molecule has 2 amide bonds. The Morgan fingerprint density at radius 3 is 2.75 bits per heavy atom. The fourth-order valence-electron chi connectivity index (χ4n) is 4.04. The second-order valence-electron chi connectivity index (χ2n) is 7.62. The van der Waals surface area contributed by atoms with E-state index in [1.165, 1.54) is 5.69 Å². The summed E-state index contributed by atoms with van der Waals surface area (Å²) >= 11 is 0. The van der Waals surface area contributed by atoms with Gasteiger partial charge < -0.3 is 24.8 Å². The number of ether oxygens (including phenoxy) is 1. The minimum absolute atomic E-state index is 0.000937. The molecule has 4 rings (SSSR count). The Balaban J connectivity index is 1.33. The molecule has 7 nitrogen and oxygen atoms in total. The highest BCUT2D eigenvalue weighted by molar-refractivity contribution is 5.75. The van der Waals surface area contributed by atoms with Gasteiger partial charge in [-0.2, -0.15) is 0 Å². The standard InChI is InChI=1S/C21H29N5O2/c1-16(17-4-6-19(7-5-17)25-11-13-28-14-12-25)24-21(27)26-10-2-3-18(15-26)20-22-8-9-23-20/h4-9,16,18H,2-3,10-15H2,1H3,(H,22,23)(H,24,27). The first-order chi connectivity index (χ1) is 13.7. The number of hydrogen-bond donors (Lipinski definition) is 2. The number of nitrogens with zero attached hydrogens (tertiary/aromatic N) is 3. The van der Waals surface area contributed by atoms with Crippen LogP contribution >= 0.6 is 0 Å². The summed E-state index contributed by atoms with van der Waals surface area (Å²) in [6.45, 7) is 6.96. The topological polar surface area (TPSA) is 73.5 Å². The summed E-state index contributed by atoms with van der Waals surface area (Å²) in [5.41, 5.74) is 2.33. The molecule has 0 spiro atoms. The Hall–Kier alpha value is -2.54. The van der Waals surface area contributed by atoms with Gasteiger partial charge in [-0.3, -0.25) is 0 Å². The fraction of sp³-hybridized carbons (Fsp3) is 0.524. The van der Waals surface area contributed by atoms with Crippen LogP contribution in [0, 0.1) is 0 Å². The molecular formula is C21H29N5O2. The number of morpholine rings is 1. The predicted molar refractivity (Wildman–Crippen MR) is 109 cm³/mol. The largest absolute Gasteiger partial charge is 0.378 e. The molecule has 2 aliphatic heterocycles. The Morgan fingerprint density at radius 1 is 1.25 bits per heavy atom. The zero-order chi connectivity index (χ0) is 19.3. The third-order valence-electron chi connectivity index (χ3n) is 5.72. The van der Waals surface area contributed by atoms with Gasteiger partial charge in [-0.1, -0.05) is 12.1 Å². The molecule has 2 fully saturated rings. The number of nitrogens with one attached hydrogen (secondary N) is 2. The molecule has 2 atom stereocenters. The molecular weight excluding hydrogens is 354 g/mol. The van der Waals surface area contributed by atoms with Gasteiger partial charge in [0.1, 0.15) is 5.82 Å². The van der Waals surface area contributed by atoms with Crippen LogP contribution in [0.4, 0.5) is 10.5 Å². The van der Waals surface area contributed by atoms with Crippen LogP contribution in [0.1, 0.15) is 43.1 Å². The summed E-state index contributed by atoms with van der Waals surface area (Å²) in [6, 6.07) is 8.46. The Bertz CT molecular complexity index is 756. The number of amides is 2. The molecule has 2 saturated heterocycles. The van der Waals surface area contributed by atoms with Gasteiger partial charge in [0.15, 0.2) is 0 Å². The predicted octanol–water partition coefficient (Wildman–Crippen LogP) is 2.90. The summed E-state index contributed by atoms with van der Waals surface area (Å²) in [5, 5.41) is 3.15. The maximum Gasteiger partial charge on any atom is 0.317 e. The molecule has 2 unspecified atom stereocenters. The molecule has 0 aliphatic carbocycles. The second kappa shape index (κ2) is 8.65. The number of rotatable bonds is 4. The molecule has 1 aromatic carbocycles. The number of aromatic amines is 1. The average Bonchev–Trinajstić information content (AvgIpc) is 3.29. The van der Waals surface area contributed by atoms with E-state index in [0.717, 1.165) is 57.1 Å². The molecule has 1 aromatic heterocycles. The van der Waals surface area contributed by atoms with Crippen LogP contribution in [0.5, 0.6) is 0 Å². The lowest BCUT2D eigenvalue weighted by atomic mass is 9.97. The number of carbonyl (C=O) groups excluding carboxylic acids is 1. The van der Waals surface area contributed by atoms with Gasteiger partial charge in [0.25, 0.3) is 0 Å². The van der Waals surface area contributed by atoms with E-state index in [9.17, 15) is 4.79 Å². The van der Waals surface area contributed by atoms with Crippen molar-refractivity contribution in [3.63, 3.8) is 0 Å². The number of piperidine rings is 1. The molecule has 150 valence electrons. The summed E-state index contributed by atoms with van der Waals surface area (Å²) in [6.07, 6.45) is 5.69. The van der Waals surface area contributed by atoms with Crippen LogP contribution in [-0.2, 0) is 4.74 Å². The van der Waals surface area contributed by atoms with Crippen LogP contribution in [0.2, 0.25) is 0 Å². The number of carbonyl (C=O) groups is 1. The summed E-state index contributed by atoms with van der Waals surface area (Å²) in [7, 11) is 0. The minimum atomic E-state index is -0.0322. The van der Waals surface area contributed by atoms with Crippen molar-refractivity contribution in [2.75, 3.05) is 44.3 Å². The van der Waals surface area contributed by atoms with Gasteiger partial charge in [-0.25, -0.2) is 9.78 Å². The highest BCUT2D eigenvalue weighted by Crippen LogP contribution is 2.25. The lowest BCUT2D eigenvalue weighted by Gasteiger charge is -2.33. The Labute approximate surface area is 166 Å². The number of hydrogen-bond acceptors (Lipinski definition) is 4. The first-order valence-electron chi connectivity index (χ1n) is 10.2. The van der Waals surface area contributed by atoms with Crippen molar-refractivity contribution in [1.29, 1.82) is 0 Å². The summed E-state index contributed by atoms with van der Waals surface area (Å²) in [4.78, 5) is 24.6. The Morgan fingerprint density at radius 2 is 2.04 bits per heavy atom. The molecule has 0 radical (unpaired) electrons. The number of aromatic nitrogens is 2. The first kappa shape index (κ1) is 18.8. The fourth-order valence-corrected chi connectivity index (χ4v) is 4.04. The molecule has 7 heteroatoms. The SMILES string of the molecule is CC(NC(=O)N1CCCC(c2ncc[nH]2)C1)c1ccc(N2CCOCC2)cc1. The third-order valence-corrected chi connectivity index (χ3v) is 5.72. The number of anilines is 1. The zero-order valence-electron chi connectivity index (χ0n) is 16.4. The van der Waals surface area contributed by atoms with Crippen molar-refractivity contribution in [2.24, 2.45) is 0 Å². The van der Waals surface area contributed by atoms with Crippen LogP contribution in [-0.4, -0.2) is 60.3 Å². The third kappa shape index (κ3) is 4.30. The van der Waals surface area contributed by atoms with E-state index >= 15 is 0 Å². The highest BCUT2D eigenvalue weighted by Gasteiger charge is 2.27. The lowest BCUT2D eigenvalue weighted by Crippen LogP contribution is -2.45. The Kier molecular flexibility index (Phi) is 5.81. The van der Waals surface area contributed by atoms with E-state index in [2.05, 4.69) is 44.5 Å². The molecule has 2 aromatic rings. The van der Waals surface area contributed by atoms with Gasteiger partial charge >= 0.3 is 6.03 Å². The minimum Gasteiger partial charge on any atom is -0.378 e. The van der Waals surface area contributed by atoms with Gasteiger partial charge in [0, 0.05) is 50.2 Å². The van der Waals surface area contributed by atoms with Crippen molar-refractivity contribution in [2.45, 2.75) is 31.7 Å². The highest BCUT2D eigenvalue weighted by atomic mass is 16.5. The van der Waals surface area contributed by atoms with E-state index in [-0.39, 0.29) is 18.0 Å². The normalized spacial score (nSPS) is 21.4. The lowest BCUT2D eigenvalue weighted by molar-refractivity contribution is 0.122. The summed E-state index contributed by atoms with van der Waals surface area (Å²) in [5.74, 6) is 1.27. The molecule has 3 heterocycles. The molecule has 2 aliphatic rings. The van der Waals surface area contributed by atoms with Gasteiger partial charge in [-0.05, 0) is 37.5 Å². The van der Waals surface area contributed by atoms with Crippen molar-refractivity contribution < 1.29 is 9.53 Å². The maximum absolute atomic E-state index is 12.8. The van der Waals surface area contributed by atoms with Crippen LogP contribution in [0.15, 0.2) is 36.7 Å². The molecule has 0 bridgehead atoms. The van der Waals surface area contributed by atoms with E-state index in [1.54, 1.807) is 6.20 Å². The second-order valence-corrected chi connectivity index (χ2v) is 7.62. The van der Waals surface area contributed by atoms with Crippen LogP contribution < -0.4 is 10.2 Å². The number of benzene rings is 1. The number of urea groups is 1. The van der Waals surface area contributed by atoms with E-state index in [1.807, 2.05) is 18.0 Å². The van der Waals surface area contributed by atoms with Crippen molar-refractivity contribution in [3.8, 4) is 0 Å². The van der Waals surface area contributed by atoms with Gasteiger partial charge in [0.05, 0.1) is 19.3 Å². The first-order valence-corrected chi connectivity index (χ1v) is 10.2. The van der Waals surface area contributed by atoms with E-state index in [0.29, 0.717) is 6.54 Å². The number of likely N-dealkylation sites (tertiary alicyclic amines) is 1.